The minimum Gasteiger partial charge on any atom is -0.460 e. The van der Waals surface area contributed by atoms with E-state index in [4.69, 9.17) is 23.7 Å². The van der Waals surface area contributed by atoms with Crippen LogP contribution in [0, 0.1) is 0 Å². The lowest BCUT2D eigenvalue weighted by atomic mass is 9.78. The van der Waals surface area contributed by atoms with E-state index < -0.39 is 0 Å². The first kappa shape index (κ1) is 25.7. The van der Waals surface area contributed by atoms with Crippen LogP contribution in [0.25, 0.3) is 6.08 Å². The number of benzene rings is 3. The number of likely N-dealkylation sites (N-methyl/N-ethyl adjacent to an activating group) is 1. The quantitative estimate of drug-likeness (QED) is 0.321. The topological polar surface area (TPSA) is 69.7 Å². The molecule has 0 aliphatic carbocycles. The van der Waals surface area contributed by atoms with Crippen molar-refractivity contribution in [1.82, 2.24) is 9.80 Å². The zero-order valence-corrected chi connectivity index (χ0v) is 23.8. The third kappa shape index (κ3) is 4.15. The van der Waals surface area contributed by atoms with Crippen LogP contribution >= 0.6 is 0 Å². The smallest absolute Gasteiger partial charge is 0.330 e. The number of hydrogen-bond donors (Lipinski definition) is 0. The molecule has 5 unspecified atom stereocenters. The Morgan fingerprint density at radius 1 is 0.905 bits per heavy atom. The molecule has 5 atom stereocenters. The molecular weight excluding hydrogens is 532 g/mol. The number of fused-ring (bicyclic) bond motifs is 9. The summed E-state index contributed by atoms with van der Waals surface area (Å²) in [7, 11) is 2.27. The summed E-state index contributed by atoms with van der Waals surface area (Å²) in [4.78, 5) is 18.2. The fraction of sp³-hybridized carbons (Fsp3) is 0.382. The average Bonchev–Trinajstić information content (AvgIpc) is 3.64. The van der Waals surface area contributed by atoms with E-state index in [-0.39, 0.29) is 50.3 Å². The van der Waals surface area contributed by atoms with Crippen molar-refractivity contribution in [2.75, 3.05) is 27.2 Å². The van der Waals surface area contributed by atoms with Gasteiger partial charge in [-0.3, -0.25) is 9.80 Å². The van der Waals surface area contributed by atoms with Crippen LogP contribution in [0.2, 0.25) is 0 Å². The molecule has 0 aromatic heterocycles. The Balaban J connectivity index is 1.18. The maximum absolute atomic E-state index is 13.0. The van der Waals surface area contributed by atoms with Gasteiger partial charge in [0.25, 0.3) is 0 Å². The molecule has 0 N–H and O–H groups in total. The monoisotopic (exact) mass is 566 g/mol. The van der Waals surface area contributed by atoms with Crippen molar-refractivity contribution < 1.29 is 28.5 Å². The molecule has 3 aromatic carbocycles. The summed E-state index contributed by atoms with van der Waals surface area (Å²) in [6.07, 6.45) is 6.18. The predicted octanol–water partition coefficient (Wildman–Crippen LogP) is 5.06. The second-order valence-electron chi connectivity index (χ2n) is 11.9. The SMILES string of the molecule is CC1C2CCc3cc4c(cc3C(C3Cc5cc6c(cc5C(COC(=O)C=Cc5ccccc5)N13)OCO6)N2C)OCO4. The Morgan fingerprint density at radius 2 is 1.57 bits per heavy atom. The summed E-state index contributed by atoms with van der Waals surface area (Å²) in [5.41, 5.74) is 5.96. The average molecular weight is 567 g/mol. The van der Waals surface area contributed by atoms with Gasteiger partial charge in [0.05, 0.1) is 12.1 Å². The Morgan fingerprint density at radius 3 is 2.31 bits per heavy atom. The fourth-order valence-corrected chi connectivity index (χ4v) is 7.87. The van der Waals surface area contributed by atoms with Gasteiger partial charge in [0.1, 0.15) is 6.61 Å². The number of hydrogen-bond acceptors (Lipinski definition) is 8. The van der Waals surface area contributed by atoms with Crippen molar-refractivity contribution in [2.45, 2.75) is 56.4 Å². The third-order valence-corrected chi connectivity index (χ3v) is 9.78. The Bertz CT molecular complexity index is 1570. The summed E-state index contributed by atoms with van der Waals surface area (Å²) in [5, 5.41) is 0. The molecule has 8 nitrogen and oxygen atoms in total. The minimum atomic E-state index is -0.347. The lowest BCUT2D eigenvalue weighted by Crippen LogP contribution is -2.65. The molecule has 5 heterocycles. The minimum absolute atomic E-state index is 0.119. The Hall–Kier alpha value is -4.01. The highest BCUT2D eigenvalue weighted by Crippen LogP contribution is 2.52. The molecule has 0 radical (unpaired) electrons. The summed E-state index contributed by atoms with van der Waals surface area (Å²) >= 11 is 0. The van der Waals surface area contributed by atoms with Gasteiger partial charge in [0.15, 0.2) is 23.0 Å². The van der Waals surface area contributed by atoms with Crippen LogP contribution in [-0.2, 0) is 22.4 Å². The van der Waals surface area contributed by atoms with Crippen LogP contribution in [-0.4, -0.2) is 61.1 Å². The molecule has 5 aliphatic rings. The molecule has 42 heavy (non-hydrogen) atoms. The van der Waals surface area contributed by atoms with E-state index in [0.29, 0.717) is 6.04 Å². The lowest BCUT2D eigenvalue weighted by molar-refractivity contribution is -0.143. The number of nitrogens with zero attached hydrogens (tertiary/aromatic N) is 2. The van der Waals surface area contributed by atoms with Crippen LogP contribution in [0.3, 0.4) is 0 Å². The molecule has 0 saturated carbocycles. The first-order valence-corrected chi connectivity index (χ1v) is 14.8. The number of piperazine rings is 1. The molecule has 8 rings (SSSR count). The van der Waals surface area contributed by atoms with Crippen molar-refractivity contribution in [3.63, 3.8) is 0 Å². The van der Waals surface area contributed by atoms with E-state index in [0.717, 1.165) is 53.4 Å². The molecule has 3 aromatic rings. The van der Waals surface area contributed by atoms with Crippen LogP contribution < -0.4 is 18.9 Å². The van der Waals surface area contributed by atoms with Crippen molar-refractivity contribution in [3.05, 3.63) is 88.5 Å². The number of esters is 1. The Labute approximate surface area is 245 Å². The van der Waals surface area contributed by atoms with Crippen molar-refractivity contribution >= 4 is 12.0 Å². The second-order valence-corrected chi connectivity index (χ2v) is 11.9. The van der Waals surface area contributed by atoms with Gasteiger partial charge >= 0.3 is 5.97 Å². The maximum atomic E-state index is 13.0. The summed E-state index contributed by atoms with van der Waals surface area (Å²) in [6, 6.07) is 19.2. The van der Waals surface area contributed by atoms with Gasteiger partial charge < -0.3 is 23.7 Å². The number of carbonyl (C=O) groups is 1. The zero-order valence-electron chi connectivity index (χ0n) is 23.8. The summed E-state index contributed by atoms with van der Waals surface area (Å²) in [5.74, 6) is 2.85. The molecule has 2 bridgehead atoms. The second kappa shape index (κ2) is 10.1. The highest BCUT2D eigenvalue weighted by molar-refractivity contribution is 5.87. The first-order chi connectivity index (χ1) is 20.5. The number of rotatable bonds is 4. The number of aryl methyl sites for hydroxylation is 1. The number of ether oxygens (including phenoxy) is 5. The van der Waals surface area contributed by atoms with Gasteiger partial charge in [0, 0.05) is 24.2 Å². The highest BCUT2D eigenvalue weighted by Gasteiger charge is 2.52. The molecule has 5 aliphatic heterocycles. The molecule has 1 saturated heterocycles. The van der Waals surface area contributed by atoms with Crippen LogP contribution in [0.5, 0.6) is 23.0 Å². The van der Waals surface area contributed by atoms with Crippen LogP contribution in [0.15, 0.2) is 60.7 Å². The molecule has 0 amide bonds. The van der Waals surface area contributed by atoms with Gasteiger partial charge in [-0.15, -0.1) is 0 Å². The Kier molecular flexibility index (Phi) is 6.16. The highest BCUT2D eigenvalue weighted by atomic mass is 16.7. The van der Waals surface area contributed by atoms with Crippen molar-refractivity contribution in [3.8, 4) is 23.0 Å². The van der Waals surface area contributed by atoms with Crippen LogP contribution in [0.4, 0.5) is 0 Å². The third-order valence-electron chi connectivity index (χ3n) is 9.78. The number of carbonyl (C=O) groups excluding carboxylic acids is 1. The van der Waals surface area contributed by atoms with Gasteiger partial charge in [0.2, 0.25) is 13.6 Å². The molecule has 0 spiro atoms. The van der Waals surface area contributed by atoms with Gasteiger partial charge in [-0.1, -0.05) is 30.3 Å². The van der Waals surface area contributed by atoms with Gasteiger partial charge in [-0.25, -0.2) is 4.79 Å². The first-order valence-electron chi connectivity index (χ1n) is 14.8. The van der Waals surface area contributed by atoms with E-state index in [1.54, 1.807) is 6.08 Å². The maximum Gasteiger partial charge on any atom is 0.330 e. The van der Waals surface area contributed by atoms with Crippen molar-refractivity contribution in [2.24, 2.45) is 0 Å². The van der Waals surface area contributed by atoms with E-state index in [2.05, 4.69) is 48.0 Å². The molecule has 1 fully saturated rings. The normalized spacial score (nSPS) is 27.2. The predicted molar refractivity (Wildman–Crippen MR) is 156 cm³/mol. The van der Waals surface area contributed by atoms with E-state index in [1.807, 2.05) is 30.3 Å². The molecule has 216 valence electrons. The van der Waals surface area contributed by atoms with Crippen LogP contribution in [0.1, 0.15) is 53.2 Å². The van der Waals surface area contributed by atoms with Crippen molar-refractivity contribution in [1.29, 1.82) is 0 Å². The van der Waals surface area contributed by atoms with Gasteiger partial charge in [-0.2, -0.15) is 0 Å². The van der Waals surface area contributed by atoms with E-state index >= 15 is 0 Å². The van der Waals surface area contributed by atoms with E-state index in [9.17, 15) is 4.79 Å². The summed E-state index contributed by atoms with van der Waals surface area (Å²) in [6.45, 7) is 3.07. The standard InChI is InChI=1S/C34H34N2O6/c1-20-26-10-9-22-13-29-32(42-18-39-29)16-25(22)34(35(26)2)27-12-23-14-30-31(41-19-40-30)15-24(23)28(36(20)27)17-38-33(37)11-8-21-6-4-3-5-7-21/h3-8,11,13-16,20,26-28,34H,9-10,12,17-19H2,1-2H3. The lowest BCUT2D eigenvalue weighted by Gasteiger charge is -2.58. The zero-order chi connectivity index (χ0) is 28.4. The largest absolute Gasteiger partial charge is 0.460 e. The summed E-state index contributed by atoms with van der Waals surface area (Å²) < 4.78 is 29.2. The molecular formula is C34H34N2O6. The molecule has 8 heteroatoms. The van der Waals surface area contributed by atoms with E-state index in [1.165, 1.54) is 22.8 Å². The van der Waals surface area contributed by atoms with Gasteiger partial charge in [-0.05, 0) is 91.4 Å². The fourth-order valence-electron chi connectivity index (χ4n) is 7.87.